The van der Waals surface area contributed by atoms with Crippen LogP contribution in [-0.2, 0) is 9.59 Å². The number of imide groups is 1. The number of H-pyrrole nitrogens is 1. The highest BCUT2D eigenvalue weighted by Crippen LogP contribution is 2.53. The van der Waals surface area contributed by atoms with Crippen molar-refractivity contribution in [3.8, 4) is 5.75 Å². The van der Waals surface area contributed by atoms with E-state index in [1.165, 1.54) is 16.7 Å². The first-order valence-electron chi connectivity index (χ1n) is 9.46. The molecule has 2 aliphatic heterocycles. The number of aryl methyl sites for hydroxylation is 1. The normalized spacial score (nSPS) is 22.7. The Hall–Kier alpha value is -2.84. The summed E-state index contributed by atoms with van der Waals surface area (Å²) in [5, 5.41) is 0.0997. The number of rotatable bonds is 3. The van der Waals surface area contributed by atoms with Crippen molar-refractivity contribution in [1.29, 1.82) is 0 Å². The molecule has 1 aromatic heterocycles. The minimum absolute atomic E-state index is 0.179. The molecule has 0 radical (unpaired) electrons. The maximum atomic E-state index is 13.5. The van der Waals surface area contributed by atoms with Crippen molar-refractivity contribution in [3.05, 3.63) is 74.2 Å². The Bertz CT molecular complexity index is 1200. The third kappa shape index (κ3) is 2.90. The summed E-state index contributed by atoms with van der Waals surface area (Å²) in [6.45, 7) is 1.96. The molecule has 2 amide bonds. The maximum Gasteiger partial charge on any atom is 0.305 e. The lowest BCUT2D eigenvalue weighted by Crippen LogP contribution is -2.32. The number of nitrogens with zero attached hydrogens (tertiary/aromatic N) is 1. The van der Waals surface area contributed by atoms with Crippen LogP contribution in [0.15, 0.2) is 58.4 Å². The van der Waals surface area contributed by atoms with Crippen molar-refractivity contribution >= 4 is 40.6 Å². The van der Waals surface area contributed by atoms with Crippen LogP contribution in [0.2, 0.25) is 0 Å². The summed E-state index contributed by atoms with van der Waals surface area (Å²) in [4.78, 5) is 43.7. The SMILES string of the molecule is COc1ccc([C@@H]2c3sc(=O)[nH]c3S[C@@H]3C(=O)N(c4ccc(C)cc4)C(=O)[C@@H]23)cc1. The summed E-state index contributed by atoms with van der Waals surface area (Å²) in [5.41, 5.74) is 2.52. The van der Waals surface area contributed by atoms with Crippen LogP contribution in [0.25, 0.3) is 0 Å². The largest absolute Gasteiger partial charge is 0.497 e. The summed E-state index contributed by atoms with van der Waals surface area (Å²) in [7, 11) is 1.59. The van der Waals surface area contributed by atoms with Crippen molar-refractivity contribution in [3.63, 3.8) is 0 Å². The molecule has 1 N–H and O–H groups in total. The number of thiazole rings is 1. The van der Waals surface area contributed by atoms with Crippen LogP contribution in [0.1, 0.15) is 21.9 Å². The van der Waals surface area contributed by atoms with Gasteiger partial charge in [0.25, 0.3) is 0 Å². The van der Waals surface area contributed by atoms with Gasteiger partial charge in [0.2, 0.25) is 11.8 Å². The molecule has 2 aromatic carbocycles. The van der Waals surface area contributed by atoms with Crippen LogP contribution in [0.5, 0.6) is 5.75 Å². The molecule has 3 heterocycles. The van der Waals surface area contributed by atoms with Crippen LogP contribution in [0, 0.1) is 12.8 Å². The topological polar surface area (TPSA) is 79.5 Å². The van der Waals surface area contributed by atoms with E-state index in [0.717, 1.165) is 27.3 Å². The van der Waals surface area contributed by atoms with Crippen LogP contribution in [0.3, 0.4) is 0 Å². The van der Waals surface area contributed by atoms with Crippen LogP contribution < -0.4 is 14.5 Å². The zero-order chi connectivity index (χ0) is 21.0. The molecule has 8 heteroatoms. The molecule has 1 fully saturated rings. The van der Waals surface area contributed by atoms with E-state index in [4.69, 9.17) is 4.74 Å². The van der Waals surface area contributed by atoms with Crippen molar-refractivity contribution in [2.45, 2.75) is 23.1 Å². The van der Waals surface area contributed by atoms with E-state index in [9.17, 15) is 14.4 Å². The standard InChI is InChI=1S/C22H18N2O4S2/c1-11-3-7-13(8-4-11)24-20(25)16-15(12-5-9-14(28-2)10-6-12)17-19(23-22(27)30-17)29-18(16)21(24)26/h3-10,15-16,18H,1-2H3,(H,23,27)/t15-,16-,18-/m0/s1. The lowest BCUT2D eigenvalue weighted by Gasteiger charge is -2.29. The minimum atomic E-state index is -0.580. The number of thioether (sulfide) groups is 1. The van der Waals surface area contributed by atoms with Gasteiger partial charge in [-0.15, -0.1) is 0 Å². The number of fused-ring (bicyclic) bond motifs is 2. The molecule has 3 atom stereocenters. The number of hydrogen-bond donors (Lipinski definition) is 1. The number of hydrogen-bond acceptors (Lipinski definition) is 6. The second-order valence-corrected chi connectivity index (χ2v) is 9.54. The zero-order valence-corrected chi connectivity index (χ0v) is 17.9. The van der Waals surface area contributed by atoms with Crippen LogP contribution in [-0.4, -0.2) is 29.2 Å². The summed E-state index contributed by atoms with van der Waals surface area (Å²) in [6, 6.07) is 14.8. The molecular weight excluding hydrogens is 420 g/mol. The molecule has 152 valence electrons. The molecule has 0 unspecified atom stereocenters. The average Bonchev–Trinajstić information content (AvgIpc) is 3.24. The molecule has 3 aromatic rings. The Labute approximate surface area is 180 Å². The lowest BCUT2D eigenvalue weighted by atomic mass is 9.83. The Kier molecular flexibility index (Phi) is 4.56. The highest BCUT2D eigenvalue weighted by atomic mass is 32.2. The van der Waals surface area contributed by atoms with Crippen molar-refractivity contribution in [1.82, 2.24) is 4.98 Å². The van der Waals surface area contributed by atoms with Crippen LogP contribution >= 0.6 is 23.1 Å². The molecule has 6 nitrogen and oxygen atoms in total. The van der Waals surface area contributed by atoms with Gasteiger partial charge in [-0.05, 0) is 36.8 Å². The van der Waals surface area contributed by atoms with E-state index in [1.807, 2.05) is 43.3 Å². The highest BCUT2D eigenvalue weighted by Gasteiger charge is 2.56. The molecule has 30 heavy (non-hydrogen) atoms. The van der Waals surface area contributed by atoms with Gasteiger partial charge in [-0.1, -0.05) is 52.9 Å². The summed E-state index contributed by atoms with van der Waals surface area (Å²) < 4.78 is 5.25. The van der Waals surface area contributed by atoms with Gasteiger partial charge in [0.1, 0.15) is 11.0 Å². The van der Waals surface area contributed by atoms with E-state index in [-0.39, 0.29) is 22.6 Å². The molecule has 1 saturated heterocycles. The third-order valence-corrected chi connectivity index (χ3v) is 7.99. The van der Waals surface area contributed by atoms with Gasteiger partial charge in [-0.2, -0.15) is 0 Å². The number of benzene rings is 2. The van der Waals surface area contributed by atoms with E-state index in [1.54, 1.807) is 19.2 Å². The van der Waals surface area contributed by atoms with Gasteiger partial charge < -0.3 is 9.72 Å². The van der Waals surface area contributed by atoms with Gasteiger partial charge in [-0.25, -0.2) is 4.90 Å². The Morgan fingerprint density at radius 1 is 0.967 bits per heavy atom. The number of aromatic nitrogens is 1. The molecule has 0 aliphatic carbocycles. The predicted molar refractivity (Wildman–Crippen MR) is 117 cm³/mol. The first-order chi connectivity index (χ1) is 14.5. The molecule has 2 aliphatic rings. The van der Waals surface area contributed by atoms with Gasteiger partial charge in [0.15, 0.2) is 0 Å². The number of carbonyl (C=O) groups excluding carboxylic acids is 2. The number of carbonyl (C=O) groups is 2. The maximum absolute atomic E-state index is 13.5. The minimum Gasteiger partial charge on any atom is -0.497 e. The summed E-state index contributed by atoms with van der Waals surface area (Å²) in [6.07, 6.45) is 0. The molecule has 0 spiro atoms. The first kappa shape index (κ1) is 19.1. The fourth-order valence-electron chi connectivity index (χ4n) is 4.14. The Morgan fingerprint density at radius 3 is 2.33 bits per heavy atom. The predicted octanol–water partition coefficient (Wildman–Crippen LogP) is 3.55. The summed E-state index contributed by atoms with van der Waals surface area (Å²) in [5.74, 6) is -0.703. The molecule has 5 rings (SSSR count). The number of aromatic amines is 1. The summed E-state index contributed by atoms with van der Waals surface area (Å²) >= 11 is 2.40. The number of amides is 2. The second-order valence-electron chi connectivity index (χ2n) is 7.37. The smallest absolute Gasteiger partial charge is 0.305 e. The van der Waals surface area contributed by atoms with E-state index in [0.29, 0.717) is 16.5 Å². The molecular formula is C22H18N2O4S2. The molecule has 0 bridgehead atoms. The zero-order valence-electron chi connectivity index (χ0n) is 16.2. The van der Waals surface area contributed by atoms with Gasteiger partial charge in [-0.3, -0.25) is 14.4 Å². The lowest BCUT2D eigenvalue weighted by molar-refractivity contribution is -0.122. The third-order valence-electron chi connectivity index (χ3n) is 5.59. The monoisotopic (exact) mass is 438 g/mol. The van der Waals surface area contributed by atoms with Gasteiger partial charge in [0, 0.05) is 10.8 Å². The van der Waals surface area contributed by atoms with E-state index in [2.05, 4.69) is 4.98 Å². The number of methoxy groups -OCH3 is 1. The number of nitrogens with one attached hydrogen (secondary N) is 1. The number of anilines is 1. The Balaban J connectivity index is 1.63. The number of ether oxygens (including phenoxy) is 1. The highest BCUT2D eigenvalue weighted by molar-refractivity contribution is 8.00. The van der Waals surface area contributed by atoms with Crippen LogP contribution in [0.4, 0.5) is 5.69 Å². The van der Waals surface area contributed by atoms with Crippen molar-refractivity contribution < 1.29 is 14.3 Å². The van der Waals surface area contributed by atoms with E-state index >= 15 is 0 Å². The van der Waals surface area contributed by atoms with Crippen molar-refractivity contribution in [2.24, 2.45) is 5.92 Å². The average molecular weight is 439 g/mol. The fourth-order valence-corrected chi connectivity index (χ4v) is 6.65. The van der Waals surface area contributed by atoms with Gasteiger partial charge >= 0.3 is 4.87 Å². The fraction of sp³-hybridized carbons (Fsp3) is 0.227. The second kappa shape index (κ2) is 7.14. The molecule has 0 saturated carbocycles. The van der Waals surface area contributed by atoms with Crippen molar-refractivity contribution in [2.75, 3.05) is 12.0 Å². The first-order valence-corrected chi connectivity index (χ1v) is 11.2. The van der Waals surface area contributed by atoms with E-state index < -0.39 is 11.2 Å². The Morgan fingerprint density at radius 2 is 1.67 bits per heavy atom. The van der Waals surface area contributed by atoms with Gasteiger partial charge in [0.05, 0.1) is 23.7 Å². The quantitative estimate of drug-likeness (QED) is 0.633.